The Morgan fingerprint density at radius 3 is 1.53 bits per heavy atom. The minimum atomic E-state index is -3.57. The monoisotopic (exact) mass is 526 g/mol. The Bertz CT molecular complexity index is 1250. The summed E-state index contributed by atoms with van der Waals surface area (Å²) in [6.07, 6.45) is 0.974. The maximum Gasteiger partial charge on any atom is 0.313 e. The molecule has 0 aliphatic heterocycles. The predicted octanol–water partition coefficient (Wildman–Crippen LogP) is 4.76. The number of nitrogens with zero attached hydrogens (tertiary/aromatic N) is 2. The molecule has 2 aromatic carbocycles. The molecule has 0 amide bonds. The van der Waals surface area contributed by atoms with Crippen LogP contribution in [0.5, 0.6) is 11.5 Å². The second-order valence-corrected chi connectivity index (χ2v) is 11.8. The first-order valence-corrected chi connectivity index (χ1v) is 12.6. The zero-order valence-electron chi connectivity index (χ0n) is 22.0. The van der Waals surface area contributed by atoms with Gasteiger partial charge >= 0.3 is 11.4 Å². The van der Waals surface area contributed by atoms with Crippen molar-refractivity contribution in [1.29, 1.82) is 0 Å². The van der Waals surface area contributed by atoms with Crippen LogP contribution >= 0.6 is 0 Å². The van der Waals surface area contributed by atoms with Crippen molar-refractivity contribution in [2.45, 2.75) is 52.4 Å². The topological polar surface area (TPSA) is 177 Å². The molecule has 200 valence electrons. The molecule has 13 heteroatoms. The average Bonchev–Trinajstić information content (AvgIpc) is 2.70. The van der Waals surface area contributed by atoms with E-state index in [4.69, 9.17) is 15.2 Å². The highest BCUT2D eigenvalue weighted by Crippen LogP contribution is 2.40. The third-order valence-electron chi connectivity index (χ3n) is 5.00. The fourth-order valence-electron chi connectivity index (χ4n) is 3.10. The molecule has 0 aliphatic carbocycles. The standard InChI is InChI=1S/C12H18N2O5S.C11H16N2O3/c1-12(2,3)8-6-9(13-20(5,17)18)11(19-4)10(7-8)14(15)16;1-11(2,3)7-5-8(12)10(16-4)9(6-7)13(14)15/h6-7,13H,1-5H3;5-6H,12H2,1-4H3. The van der Waals surface area contributed by atoms with Crippen LogP contribution in [0.25, 0.3) is 0 Å². The van der Waals surface area contributed by atoms with E-state index in [1.165, 1.54) is 26.4 Å². The molecule has 0 bridgehead atoms. The SMILES string of the molecule is COc1c(N)cc(C(C)(C)C)cc1[N+](=O)[O-].COc1c(NS(C)(=O)=O)cc(C(C)(C)C)cc1[N+](=O)[O-]. The number of anilines is 2. The third kappa shape index (κ3) is 7.97. The number of ether oxygens (including phenoxy) is 2. The fraction of sp³-hybridized carbons (Fsp3) is 0.478. The number of rotatable bonds is 6. The van der Waals surface area contributed by atoms with Gasteiger partial charge in [-0.2, -0.15) is 0 Å². The van der Waals surface area contributed by atoms with E-state index in [9.17, 15) is 28.6 Å². The van der Waals surface area contributed by atoms with E-state index >= 15 is 0 Å². The number of hydrogen-bond acceptors (Lipinski definition) is 9. The summed E-state index contributed by atoms with van der Waals surface area (Å²) < 4.78 is 34.9. The Labute approximate surface area is 211 Å². The van der Waals surface area contributed by atoms with E-state index in [2.05, 4.69) is 4.72 Å². The van der Waals surface area contributed by atoms with Gasteiger partial charge in [-0.05, 0) is 34.1 Å². The van der Waals surface area contributed by atoms with Crippen LogP contribution in [0.15, 0.2) is 24.3 Å². The Hall–Kier alpha value is -3.61. The van der Waals surface area contributed by atoms with Crippen LogP contribution < -0.4 is 19.9 Å². The van der Waals surface area contributed by atoms with Gasteiger partial charge < -0.3 is 15.2 Å². The molecule has 0 heterocycles. The number of nitrogens with one attached hydrogen (secondary N) is 1. The zero-order valence-corrected chi connectivity index (χ0v) is 22.8. The maximum atomic E-state index is 11.4. The number of sulfonamides is 1. The van der Waals surface area contributed by atoms with Crippen LogP contribution in [0.2, 0.25) is 0 Å². The largest absolute Gasteiger partial charge is 0.489 e. The molecule has 0 radical (unpaired) electrons. The van der Waals surface area contributed by atoms with E-state index in [0.29, 0.717) is 11.3 Å². The third-order valence-corrected chi connectivity index (χ3v) is 5.59. The van der Waals surface area contributed by atoms with Gasteiger partial charge in [0.25, 0.3) is 0 Å². The number of nitrogen functional groups attached to an aromatic ring is 1. The summed E-state index contributed by atoms with van der Waals surface area (Å²) in [5, 5.41) is 22.0. The van der Waals surface area contributed by atoms with Gasteiger partial charge in [-0.3, -0.25) is 25.0 Å². The van der Waals surface area contributed by atoms with Crippen molar-refractivity contribution in [1.82, 2.24) is 0 Å². The molecule has 0 aromatic heterocycles. The van der Waals surface area contributed by atoms with Crippen molar-refractivity contribution >= 4 is 32.8 Å². The van der Waals surface area contributed by atoms with E-state index in [1.54, 1.807) is 12.1 Å². The van der Waals surface area contributed by atoms with Crippen molar-refractivity contribution in [3.05, 3.63) is 55.6 Å². The van der Waals surface area contributed by atoms with Gasteiger partial charge in [0.2, 0.25) is 21.5 Å². The van der Waals surface area contributed by atoms with E-state index in [-0.39, 0.29) is 39.4 Å². The van der Waals surface area contributed by atoms with Crippen LogP contribution in [0, 0.1) is 20.2 Å². The second kappa shape index (κ2) is 11.0. The lowest BCUT2D eigenvalue weighted by Gasteiger charge is -2.21. The molecule has 0 saturated heterocycles. The number of methoxy groups -OCH3 is 2. The van der Waals surface area contributed by atoms with Crippen LogP contribution in [0.1, 0.15) is 52.7 Å². The molecule has 0 spiro atoms. The van der Waals surface area contributed by atoms with Gasteiger partial charge in [-0.25, -0.2) is 8.42 Å². The maximum absolute atomic E-state index is 11.4. The van der Waals surface area contributed by atoms with E-state index in [1.807, 2.05) is 41.5 Å². The summed E-state index contributed by atoms with van der Waals surface area (Å²) in [4.78, 5) is 20.9. The molecule has 3 N–H and O–H groups in total. The summed E-state index contributed by atoms with van der Waals surface area (Å²) >= 11 is 0. The molecule has 0 fully saturated rings. The highest BCUT2D eigenvalue weighted by Gasteiger charge is 2.27. The van der Waals surface area contributed by atoms with Gasteiger partial charge in [-0.15, -0.1) is 0 Å². The number of nitro groups is 2. The molecule has 0 unspecified atom stereocenters. The van der Waals surface area contributed by atoms with Crippen LogP contribution in [-0.2, 0) is 20.9 Å². The molecule has 12 nitrogen and oxygen atoms in total. The predicted molar refractivity (Wildman–Crippen MR) is 140 cm³/mol. The Morgan fingerprint density at radius 1 is 0.806 bits per heavy atom. The van der Waals surface area contributed by atoms with Crippen molar-refractivity contribution in [2.75, 3.05) is 30.9 Å². The lowest BCUT2D eigenvalue weighted by Crippen LogP contribution is -2.15. The summed E-state index contributed by atoms with van der Waals surface area (Å²) in [6, 6.07) is 6.17. The molecule has 2 rings (SSSR count). The van der Waals surface area contributed by atoms with Crippen molar-refractivity contribution in [2.24, 2.45) is 0 Å². The molecule has 36 heavy (non-hydrogen) atoms. The van der Waals surface area contributed by atoms with E-state index in [0.717, 1.165) is 11.8 Å². The van der Waals surface area contributed by atoms with Gasteiger partial charge in [-0.1, -0.05) is 41.5 Å². The number of benzene rings is 2. The zero-order chi connectivity index (χ0) is 28.2. The van der Waals surface area contributed by atoms with Crippen molar-refractivity contribution < 1.29 is 27.7 Å². The number of nitrogens with two attached hydrogens (primary N) is 1. The first-order valence-electron chi connectivity index (χ1n) is 10.7. The van der Waals surface area contributed by atoms with Crippen molar-refractivity contribution in [3.8, 4) is 11.5 Å². The van der Waals surface area contributed by atoms with E-state index < -0.39 is 19.9 Å². The summed E-state index contributed by atoms with van der Waals surface area (Å²) in [7, 11) is -0.940. The van der Waals surface area contributed by atoms with Gasteiger partial charge in [0.05, 0.1) is 41.7 Å². The molecule has 0 saturated carbocycles. The first kappa shape index (κ1) is 30.4. The number of nitro benzene ring substituents is 2. The van der Waals surface area contributed by atoms with Gasteiger partial charge in [0, 0.05) is 12.1 Å². The summed E-state index contributed by atoms with van der Waals surface area (Å²) in [5.41, 5.74) is 6.63. The summed E-state index contributed by atoms with van der Waals surface area (Å²) in [6.45, 7) is 11.5. The highest BCUT2D eigenvalue weighted by molar-refractivity contribution is 7.92. The smallest absolute Gasteiger partial charge is 0.313 e. The first-order chi connectivity index (χ1) is 16.2. The lowest BCUT2D eigenvalue weighted by atomic mass is 9.86. The normalized spacial score (nSPS) is 11.7. The quantitative estimate of drug-likeness (QED) is 0.305. The highest BCUT2D eigenvalue weighted by atomic mass is 32.2. The Kier molecular flexibility index (Phi) is 9.28. The lowest BCUT2D eigenvalue weighted by molar-refractivity contribution is -0.385. The van der Waals surface area contributed by atoms with Gasteiger partial charge in [0.1, 0.15) is 0 Å². The average molecular weight is 527 g/mol. The molecular weight excluding hydrogens is 492 g/mol. The van der Waals surface area contributed by atoms with Crippen LogP contribution in [0.3, 0.4) is 0 Å². The molecule has 0 atom stereocenters. The second-order valence-electron chi connectivity index (χ2n) is 10.1. The minimum absolute atomic E-state index is 0.0640. The molecule has 0 aliphatic rings. The summed E-state index contributed by atoms with van der Waals surface area (Å²) in [5.74, 6) is 0.0198. The van der Waals surface area contributed by atoms with Gasteiger partial charge in [0.15, 0.2) is 0 Å². The van der Waals surface area contributed by atoms with Crippen LogP contribution in [0.4, 0.5) is 22.7 Å². The van der Waals surface area contributed by atoms with Crippen molar-refractivity contribution in [3.63, 3.8) is 0 Å². The Balaban J connectivity index is 0.000000369. The minimum Gasteiger partial charge on any atom is -0.489 e. The van der Waals surface area contributed by atoms with Crippen LogP contribution in [-0.4, -0.2) is 38.7 Å². The Morgan fingerprint density at radius 2 is 1.19 bits per heavy atom. The number of hydrogen-bond donors (Lipinski definition) is 2. The fourth-order valence-corrected chi connectivity index (χ4v) is 3.65. The molecule has 2 aromatic rings. The molecular formula is C23H34N4O8S.